The Kier molecular flexibility index (Phi) is 15.2. The van der Waals surface area contributed by atoms with Crippen LogP contribution in [0.15, 0.2) is 84.0 Å². The van der Waals surface area contributed by atoms with Gasteiger partial charge in [0.1, 0.15) is 11.5 Å². The van der Waals surface area contributed by atoms with Gasteiger partial charge in [0.2, 0.25) is 18.6 Å². The molecule has 184 valence electrons. The summed E-state index contributed by atoms with van der Waals surface area (Å²) in [7, 11) is 7.98. The minimum atomic E-state index is -1.33. The number of hydrogen-bond acceptors (Lipinski definition) is 6. The first kappa shape index (κ1) is 31.4. The monoisotopic (exact) mass is 848 g/mol. The van der Waals surface area contributed by atoms with E-state index in [-0.39, 0.29) is 48.9 Å². The van der Waals surface area contributed by atoms with Crippen LogP contribution in [0.5, 0.6) is 17.2 Å². The number of hydrogen-bond donors (Lipinski definition) is 0. The van der Waals surface area contributed by atoms with Crippen LogP contribution in [0.4, 0.5) is 0 Å². The van der Waals surface area contributed by atoms with Crippen LogP contribution in [0, 0.1) is 14.1 Å². The summed E-state index contributed by atoms with van der Waals surface area (Å²) in [6, 6.07) is 25.0. The summed E-state index contributed by atoms with van der Waals surface area (Å²) in [5, 5.41) is 4.41. The summed E-state index contributed by atoms with van der Waals surface area (Å²) in [5.41, 5.74) is 2.12. The van der Waals surface area contributed by atoms with Gasteiger partial charge in [-0.25, -0.2) is 0 Å². The number of para-hydroxylation sites is 1. The smallest absolute Gasteiger partial charge is 0.540 e. The van der Waals surface area contributed by atoms with Gasteiger partial charge in [0.05, 0.1) is 13.3 Å². The molecule has 1 unspecified atom stereocenters. The van der Waals surface area contributed by atoms with E-state index in [0.717, 1.165) is 30.0 Å². The van der Waals surface area contributed by atoms with E-state index >= 15 is 0 Å². The number of ether oxygens (including phenoxy) is 2. The van der Waals surface area contributed by atoms with Crippen molar-refractivity contribution in [1.82, 2.24) is 9.68 Å². The summed E-state index contributed by atoms with van der Waals surface area (Å²) in [6.07, 6.45) is 2.62. The molecule has 10 heteroatoms. The molecule has 0 heterocycles. The maximum Gasteiger partial charge on any atom is 0.540 e. The third-order valence-electron chi connectivity index (χ3n) is 4.51. The first-order valence-corrected chi connectivity index (χ1v) is 12.5. The third kappa shape index (κ3) is 11.8. The van der Waals surface area contributed by atoms with E-state index < -0.39 is 7.07 Å². The molecule has 0 aliphatic carbocycles. The fourth-order valence-electron chi connectivity index (χ4n) is 2.68. The third-order valence-corrected chi connectivity index (χ3v) is 6.38. The number of rotatable bonds is 12. The van der Waals surface area contributed by atoms with E-state index in [2.05, 4.69) is 19.2 Å². The molecule has 0 radical (unpaired) electrons. The SMILES string of the molecule is [CH2-]N([CH2-])CCc1ccc(O[P+](=S)N(C)/N=C/c2ccc(OCOc3ccccc3)cc2)cc1.[W].[W]. The Balaban J connectivity index is 0.00000306. The van der Waals surface area contributed by atoms with Crippen molar-refractivity contribution in [1.29, 1.82) is 0 Å². The van der Waals surface area contributed by atoms with Crippen LogP contribution in [0.2, 0.25) is 0 Å². The van der Waals surface area contributed by atoms with Crippen LogP contribution >= 0.6 is 7.07 Å². The minimum Gasteiger partial charge on any atom is -0.610 e. The van der Waals surface area contributed by atoms with E-state index in [4.69, 9.17) is 25.8 Å². The maximum absolute atomic E-state index is 5.87. The van der Waals surface area contributed by atoms with Gasteiger partial charge in [0.15, 0.2) is 5.75 Å². The Labute approximate surface area is 242 Å². The topological polar surface area (TPSA) is 46.5 Å². The zero-order valence-electron chi connectivity index (χ0n) is 19.4. The van der Waals surface area contributed by atoms with Gasteiger partial charge < -0.3 is 28.5 Å². The molecule has 0 fully saturated rings. The predicted octanol–water partition coefficient (Wildman–Crippen LogP) is 5.64. The molecule has 0 bridgehead atoms. The van der Waals surface area contributed by atoms with Gasteiger partial charge in [-0.1, -0.05) is 41.7 Å². The maximum atomic E-state index is 5.87. The van der Waals surface area contributed by atoms with Gasteiger partial charge in [-0.3, -0.25) is 4.52 Å². The molecule has 0 aromatic heterocycles. The molecule has 3 rings (SSSR count). The second-order valence-corrected chi connectivity index (χ2v) is 9.31. The van der Waals surface area contributed by atoms with E-state index in [1.54, 1.807) is 22.9 Å². The fourth-order valence-corrected chi connectivity index (χ4v) is 3.62. The van der Waals surface area contributed by atoms with Gasteiger partial charge in [-0.15, -0.1) is 5.10 Å². The zero-order valence-corrected chi connectivity index (χ0v) is 26.9. The van der Waals surface area contributed by atoms with Gasteiger partial charge in [0.25, 0.3) is 0 Å². The van der Waals surface area contributed by atoms with Crippen molar-refractivity contribution in [3.63, 3.8) is 0 Å². The molecule has 3 aromatic rings. The van der Waals surface area contributed by atoms with Crippen LogP contribution < -0.4 is 14.0 Å². The molecule has 0 spiro atoms. The van der Waals surface area contributed by atoms with Gasteiger partial charge >= 0.3 is 7.07 Å². The van der Waals surface area contributed by atoms with Crippen molar-refractivity contribution >= 4 is 25.1 Å². The second-order valence-electron chi connectivity index (χ2n) is 7.14. The van der Waals surface area contributed by atoms with Crippen LogP contribution in [0.1, 0.15) is 11.1 Å². The van der Waals surface area contributed by atoms with Crippen LogP contribution in [0.25, 0.3) is 0 Å². The van der Waals surface area contributed by atoms with Crippen molar-refractivity contribution < 1.29 is 56.1 Å². The average molecular weight is 848 g/mol. The summed E-state index contributed by atoms with van der Waals surface area (Å²) in [4.78, 5) is 1.67. The number of hydrazone groups is 1. The van der Waals surface area contributed by atoms with Crippen LogP contribution in [-0.4, -0.2) is 36.3 Å². The molecule has 6 nitrogen and oxygen atoms in total. The Morgan fingerprint density at radius 1 is 0.857 bits per heavy atom. The van der Waals surface area contributed by atoms with E-state index in [0.29, 0.717) is 5.75 Å². The fraction of sp³-hybridized carbons (Fsp3) is 0.160. The zero-order chi connectivity index (χ0) is 23.5. The molecular formula is C25H27N3O3PSW2-. The molecule has 0 N–H and O–H groups in total. The first-order chi connectivity index (χ1) is 16.0. The summed E-state index contributed by atoms with van der Waals surface area (Å²) < 4.78 is 18.7. The Morgan fingerprint density at radius 3 is 2.03 bits per heavy atom. The predicted molar refractivity (Wildman–Crippen MR) is 137 cm³/mol. The Bertz CT molecular complexity index is 1040. The van der Waals surface area contributed by atoms with Gasteiger partial charge in [0, 0.05) is 42.1 Å². The number of nitrogens with zero attached hydrogens (tertiary/aromatic N) is 3. The van der Waals surface area contributed by atoms with Gasteiger partial charge in [-0.05, 0) is 66.1 Å². The Hall–Kier alpha value is -1.61. The normalized spacial score (nSPS) is 10.8. The van der Waals surface area contributed by atoms with Crippen molar-refractivity contribution in [3.05, 3.63) is 104 Å². The summed E-state index contributed by atoms with van der Waals surface area (Å²) >= 11 is 5.48. The van der Waals surface area contributed by atoms with Crippen molar-refractivity contribution in [2.75, 3.05) is 20.4 Å². The molecule has 1 atom stereocenters. The van der Waals surface area contributed by atoms with Crippen molar-refractivity contribution in [3.8, 4) is 17.2 Å². The van der Waals surface area contributed by atoms with Crippen molar-refractivity contribution in [2.24, 2.45) is 5.10 Å². The number of benzene rings is 3. The second kappa shape index (κ2) is 16.9. The van der Waals surface area contributed by atoms with Gasteiger partial charge in [-0.2, -0.15) is 0 Å². The molecule has 0 amide bonds. The van der Waals surface area contributed by atoms with Crippen LogP contribution in [-0.2, 0) is 60.4 Å². The first-order valence-electron chi connectivity index (χ1n) is 10.3. The molecule has 0 aliphatic rings. The molecule has 0 saturated carbocycles. The van der Waals surface area contributed by atoms with Crippen LogP contribution in [0.3, 0.4) is 0 Å². The molecule has 3 aromatic carbocycles. The summed E-state index contributed by atoms with van der Waals surface area (Å²) in [5.74, 6) is 2.20. The van der Waals surface area contributed by atoms with Crippen molar-refractivity contribution in [2.45, 2.75) is 6.42 Å². The van der Waals surface area contributed by atoms with E-state index in [1.807, 2.05) is 78.9 Å². The quantitative estimate of drug-likeness (QED) is 0.0774. The Morgan fingerprint density at radius 2 is 1.43 bits per heavy atom. The van der Waals surface area contributed by atoms with E-state index in [9.17, 15) is 0 Å². The molecule has 0 aliphatic heterocycles. The molecule has 35 heavy (non-hydrogen) atoms. The summed E-state index contributed by atoms with van der Waals surface area (Å²) in [6.45, 7) is 0.933. The average Bonchev–Trinajstić information content (AvgIpc) is 2.83. The van der Waals surface area contributed by atoms with E-state index in [1.165, 1.54) is 5.56 Å². The standard InChI is InChI=1S/C25H27N3O3PS.2W/c1-27(2)18-17-21-9-15-25(16-10-21)31-32(33)28(3)26-19-22-11-13-24(14-12-22)30-20-29-23-7-5-4-6-8-23;;/h4-16,19H,1-2,17-18,20H2,3H3;;/q-1;;/b26-19+;;. The molecular weight excluding hydrogens is 821 g/mol. The molecule has 0 saturated heterocycles. The largest absolute Gasteiger partial charge is 0.610 e. The minimum absolute atomic E-state index is 0.